The zero-order valence-corrected chi connectivity index (χ0v) is 11.2. The van der Waals surface area contributed by atoms with E-state index in [-0.39, 0.29) is 18.1 Å². The predicted molar refractivity (Wildman–Crippen MR) is 69.6 cm³/mol. The molecule has 0 aliphatic rings. The van der Waals surface area contributed by atoms with Gasteiger partial charge in [0, 0.05) is 4.47 Å². The second-order valence-corrected chi connectivity index (χ2v) is 4.64. The first kappa shape index (κ1) is 13.5. The molecule has 1 heterocycles. The minimum absolute atomic E-state index is 0.100. The molecule has 0 aliphatic heterocycles. The molecule has 6 heteroatoms. The van der Waals surface area contributed by atoms with Crippen LogP contribution in [0.1, 0.15) is 15.9 Å². The summed E-state index contributed by atoms with van der Waals surface area (Å²) in [6, 6.07) is 8.22. The molecule has 0 saturated heterocycles. The maximum Gasteiger partial charge on any atom is 0.341 e. The summed E-state index contributed by atoms with van der Waals surface area (Å²) in [5.41, 5.74) is 0.558. The highest BCUT2D eigenvalue weighted by Gasteiger charge is 2.14. The van der Waals surface area contributed by atoms with Gasteiger partial charge in [-0.05, 0) is 23.8 Å². The zero-order chi connectivity index (χ0) is 13.8. The molecule has 2 rings (SSSR count). The quantitative estimate of drug-likeness (QED) is 0.937. The molecule has 2 aromatic rings. The van der Waals surface area contributed by atoms with Gasteiger partial charge in [0.05, 0.1) is 6.20 Å². The van der Waals surface area contributed by atoms with Crippen LogP contribution in [0.5, 0.6) is 5.88 Å². The molecule has 0 radical (unpaired) electrons. The van der Waals surface area contributed by atoms with Crippen molar-refractivity contribution in [3.63, 3.8) is 0 Å². The number of aromatic nitrogens is 1. The lowest BCUT2D eigenvalue weighted by Gasteiger charge is -2.08. The number of hydrogen-bond acceptors (Lipinski definition) is 3. The molecule has 19 heavy (non-hydrogen) atoms. The number of aromatic carboxylic acids is 1. The van der Waals surface area contributed by atoms with Crippen molar-refractivity contribution in [1.82, 2.24) is 4.98 Å². The van der Waals surface area contributed by atoms with Crippen LogP contribution in [-0.4, -0.2) is 16.1 Å². The molecule has 1 N–H and O–H groups in total. The Morgan fingerprint density at radius 3 is 2.68 bits per heavy atom. The smallest absolute Gasteiger partial charge is 0.341 e. The number of hydrogen-bond donors (Lipinski definition) is 1. The van der Waals surface area contributed by atoms with Gasteiger partial charge < -0.3 is 9.84 Å². The fraction of sp³-hybridized carbons (Fsp3) is 0.0769. The lowest BCUT2D eigenvalue weighted by atomic mass is 10.2. The standard InChI is InChI=1S/C13H9BrFNO3/c14-9-3-1-8(2-4-9)7-19-12-11(13(17)18)5-10(15)6-16-12/h1-6H,7H2,(H,17,18). The van der Waals surface area contributed by atoms with Crippen LogP contribution >= 0.6 is 15.9 Å². The molecule has 0 fully saturated rings. The van der Waals surface area contributed by atoms with E-state index in [0.29, 0.717) is 0 Å². The molecule has 4 nitrogen and oxygen atoms in total. The number of carboxylic acid groups (broad SMARTS) is 1. The van der Waals surface area contributed by atoms with Crippen molar-refractivity contribution in [3.05, 3.63) is 57.9 Å². The van der Waals surface area contributed by atoms with Crippen LogP contribution in [0, 0.1) is 5.82 Å². The van der Waals surface area contributed by atoms with E-state index in [1.54, 1.807) is 0 Å². The van der Waals surface area contributed by atoms with E-state index < -0.39 is 11.8 Å². The SMILES string of the molecule is O=C(O)c1cc(F)cnc1OCc1ccc(Br)cc1. The minimum atomic E-state index is -1.28. The number of pyridine rings is 1. The van der Waals surface area contributed by atoms with Gasteiger partial charge in [0.2, 0.25) is 5.88 Å². The van der Waals surface area contributed by atoms with Crippen LogP contribution in [0.25, 0.3) is 0 Å². The summed E-state index contributed by atoms with van der Waals surface area (Å²) >= 11 is 3.31. The van der Waals surface area contributed by atoms with Gasteiger partial charge in [0.25, 0.3) is 0 Å². The van der Waals surface area contributed by atoms with Crippen molar-refractivity contribution in [1.29, 1.82) is 0 Å². The Bertz CT molecular complexity index is 601. The van der Waals surface area contributed by atoms with Gasteiger partial charge in [0.1, 0.15) is 18.0 Å². The van der Waals surface area contributed by atoms with Gasteiger partial charge in [-0.25, -0.2) is 14.2 Å². The third-order valence-corrected chi connectivity index (χ3v) is 2.87. The van der Waals surface area contributed by atoms with Crippen LogP contribution in [0.3, 0.4) is 0 Å². The van der Waals surface area contributed by atoms with Crippen molar-refractivity contribution in [2.45, 2.75) is 6.61 Å². The second-order valence-electron chi connectivity index (χ2n) is 3.73. The molecule has 0 unspecified atom stereocenters. The average molecular weight is 326 g/mol. The monoisotopic (exact) mass is 325 g/mol. The number of nitrogens with zero attached hydrogens (tertiary/aromatic N) is 1. The largest absolute Gasteiger partial charge is 0.477 e. The number of carboxylic acids is 1. The summed E-state index contributed by atoms with van der Waals surface area (Å²) in [6.45, 7) is 0.159. The van der Waals surface area contributed by atoms with E-state index in [0.717, 1.165) is 22.3 Å². The molecular formula is C13H9BrFNO3. The van der Waals surface area contributed by atoms with E-state index in [1.165, 1.54) is 0 Å². The normalized spacial score (nSPS) is 10.2. The Morgan fingerprint density at radius 2 is 2.05 bits per heavy atom. The maximum absolute atomic E-state index is 12.9. The van der Waals surface area contributed by atoms with E-state index >= 15 is 0 Å². The second kappa shape index (κ2) is 5.79. The Morgan fingerprint density at radius 1 is 1.37 bits per heavy atom. The Balaban J connectivity index is 2.15. The van der Waals surface area contributed by atoms with Crippen molar-refractivity contribution in [3.8, 4) is 5.88 Å². The van der Waals surface area contributed by atoms with Crippen molar-refractivity contribution >= 4 is 21.9 Å². The molecule has 0 spiro atoms. The number of ether oxygens (including phenoxy) is 1. The minimum Gasteiger partial charge on any atom is -0.477 e. The third-order valence-electron chi connectivity index (χ3n) is 2.34. The van der Waals surface area contributed by atoms with E-state index in [2.05, 4.69) is 20.9 Å². The summed E-state index contributed by atoms with van der Waals surface area (Å²) in [5.74, 6) is -2.09. The number of halogens is 2. The van der Waals surface area contributed by atoms with Gasteiger partial charge in [-0.3, -0.25) is 0 Å². The summed E-state index contributed by atoms with van der Waals surface area (Å²) in [6.07, 6.45) is 0.920. The molecule has 0 aliphatic carbocycles. The Hall–Kier alpha value is -1.95. The summed E-state index contributed by atoms with van der Waals surface area (Å²) in [7, 11) is 0. The van der Waals surface area contributed by atoms with Crippen LogP contribution in [-0.2, 0) is 6.61 Å². The topological polar surface area (TPSA) is 59.4 Å². The first-order valence-corrected chi connectivity index (χ1v) is 6.11. The lowest BCUT2D eigenvalue weighted by Crippen LogP contribution is -2.06. The molecule has 0 saturated carbocycles. The van der Waals surface area contributed by atoms with E-state index in [1.807, 2.05) is 24.3 Å². The Kier molecular flexibility index (Phi) is 4.11. The van der Waals surface area contributed by atoms with Gasteiger partial charge >= 0.3 is 5.97 Å². The predicted octanol–water partition coefficient (Wildman–Crippen LogP) is 3.26. The molecule has 98 valence electrons. The highest BCUT2D eigenvalue weighted by atomic mass is 79.9. The molecule has 0 atom stereocenters. The van der Waals surface area contributed by atoms with Crippen molar-refractivity contribution in [2.24, 2.45) is 0 Å². The average Bonchev–Trinajstić information content (AvgIpc) is 2.39. The fourth-order valence-corrected chi connectivity index (χ4v) is 1.69. The zero-order valence-electron chi connectivity index (χ0n) is 9.64. The molecule has 1 aromatic carbocycles. The van der Waals surface area contributed by atoms with Crippen LogP contribution in [0.4, 0.5) is 4.39 Å². The van der Waals surface area contributed by atoms with Crippen LogP contribution in [0.2, 0.25) is 0 Å². The number of carbonyl (C=O) groups is 1. The molecular weight excluding hydrogens is 317 g/mol. The summed E-state index contributed by atoms with van der Waals surface area (Å²) < 4.78 is 19.2. The van der Waals surface area contributed by atoms with Gasteiger partial charge in [-0.15, -0.1) is 0 Å². The molecule has 0 bridgehead atoms. The Labute approximate surface area is 117 Å². The molecule has 0 amide bonds. The lowest BCUT2D eigenvalue weighted by molar-refractivity contribution is 0.0690. The number of rotatable bonds is 4. The highest BCUT2D eigenvalue weighted by molar-refractivity contribution is 9.10. The summed E-state index contributed by atoms with van der Waals surface area (Å²) in [4.78, 5) is 14.6. The van der Waals surface area contributed by atoms with Crippen LogP contribution in [0.15, 0.2) is 41.0 Å². The van der Waals surface area contributed by atoms with E-state index in [9.17, 15) is 9.18 Å². The van der Waals surface area contributed by atoms with E-state index in [4.69, 9.17) is 9.84 Å². The van der Waals surface area contributed by atoms with Gasteiger partial charge in [0.15, 0.2) is 0 Å². The first-order chi connectivity index (χ1) is 9.06. The first-order valence-electron chi connectivity index (χ1n) is 5.32. The maximum atomic E-state index is 12.9. The highest BCUT2D eigenvalue weighted by Crippen LogP contribution is 2.18. The van der Waals surface area contributed by atoms with Gasteiger partial charge in [-0.2, -0.15) is 0 Å². The van der Waals surface area contributed by atoms with Crippen LogP contribution < -0.4 is 4.74 Å². The van der Waals surface area contributed by atoms with Crippen molar-refractivity contribution in [2.75, 3.05) is 0 Å². The van der Waals surface area contributed by atoms with Crippen molar-refractivity contribution < 1.29 is 19.0 Å². The van der Waals surface area contributed by atoms with Gasteiger partial charge in [-0.1, -0.05) is 28.1 Å². The summed E-state index contributed by atoms with van der Waals surface area (Å²) in [5, 5.41) is 8.93. The number of benzene rings is 1. The third kappa shape index (κ3) is 3.51. The molecule has 1 aromatic heterocycles. The fourth-order valence-electron chi connectivity index (χ4n) is 1.43.